The van der Waals surface area contributed by atoms with E-state index in [4.69, 9.17) is 16.7 Å². The van der Waals surface area contributed by atoms with Crippen molar-refractivity contribution in [2.24, 2.45) is 5.92 Å². The van der Waals surface area contributed by atoms with Gasteiger partial charge >= 0.3 is 5.97 Å². The first kappa shape index (κ1) is 15.3. The second-order valence-corrected chi connectivity index (χ2v) is 4.75. The second kappa shape index (κ2) is 6.43. The number of hydrogen-bond donors (Lipinski definition) is 3. The van der Waals surface area contributed by atoms with Crippen LogP contribution in [0.25, 0.3) is 0 Å². The normalized spacial score (nSPS) is 13.6. The van der Waals surface area contributed by atoms with Gasteiger partial charge in [-0.1, -0.05) is 31.9 Å². The molecule has 1 rings (SSSR count). The number of carbonyl (C=O) groups excluding carboxylic acids is 1. The first-order valence-electron chi connectivity index (χ1n) is 5.89. The van der Waals surface area contributed by atoms with E-state index in [0.29, 0.717) is 6.42 Å². The summed E-state index contributed by atoms with van der Waals surface area (Å²) in [5, 5.41) is 21.0. The van der Waals surface area contributed by atoms with E-state index in [0.717, 1.165) is 0 Å². The zero-order valence-corrected chi connectivity index (χ0v) is 11.4. The summed E-state index contributed by atoms with van der Waals surface area (Å²) in [6.07, 6.45) is 0.616. The summed E-state index contributed by atoms with van der Waals surface area (Å²) in [5.74, 6) is -2.03. The molecule has 5 nitrogen and oxygen atoms in total. The summed E-state index contributed by atoms with van der Waals surface area (Å²) >= 11 is 5.85. The SMILES string of the molecule is CCC(C)C(NC(=O)c1cc(O)ccc1Cl)C(=O)O. The van der Waals surface area contributed by atoms with Crippen LogP contribution in [-0.4, -0.2) is 28.1 Å². The number of hydrogen-bond acceptors (Lipinski definition) is 3. The number of carboxylic acid groups (broad SMARTS) is 1. The van der Waals surface area contributed by atoms with E-state index in [1.165, 1.54) is 18.2 Å². The highest BCUT2D eigenvalue weighted by atomic mass is 35.5. The number of benzene rings is 1. The lowest BCUT2D eigenvalue weighted by atomic mass is 9.99. The Kier molecular flexibility index (Phi) is 5.18. The molecule has 0 saturated carbocycles. The highest BCUT2D eigenvalue weighted by Crippen LogP contribution is 2.21. The van der Waals surface area contributed by atoms with Gasteiger partial charge in [-0.05, 0) is 24.1 Å². The molecular formula is C13H16ClNO4. The van der Waals surface area contributed by atoms with Crippen molar-refractivity contribution in [3.8, 4) is 5.75 Å². The molecule has 0 saturated heterocycles. The number of phenols is 1. The minimum atomic E-state index is -1.10. The van der Waals surface area contributed by atoms with E-state index in [1.54, 1.807) is 6.92 Å². The molecule has 1 amide bonds. The van der Waals surface area contributed by atoms with Gasteiger partial charge in [-0.3, -0.25) is 4.79 Å². The van der Waals surface area contributed by atoms with E-state index in [9.17, 15) is 14.7 Å². The lowest BCUT2D eigenvalue weighted by molar-refractivity contribution is -0.140. The number of phenolic OH excluding ortho intramolecular Hbond substituents is 1. The van der Waals surface area contributed by atoms with Gasteiger partial charge in [0.2, 0.25) is 0 Å². The van der Waals surface area contributed by atoms with Gasteiger partial charge in [0.1, 0.15) is 11.8 Å². The third kappa shape index (κ3) is 3.86. The third-order valence-electron chi connectivity index (χ3n) is 2.96. The fourth-order valence-corrected chi connectivity index (χ4v) is 1.79. The monoisotopic (exact) mass is 285 g/mol. The number of rotatable bonds is 5. The van der Waals surface area contributed by atoms with Crippen LogP contribution in [0.4, 0.5) is 0 Å². The molecule has 19 heavy (non-hydrogen) atoms. The third-order valence-corrected chi connectivity index (χ3v) is 3.29. The summed E-state index contributed by atoms with van der Waals surface area (Å²) in [6, 6.07) is 2.94. The first-order valence-corrected chi connectivity index (χ1v) is 6.26. The van der Waals surface area contributed by atoms with Gasteiger partial charge in [-0.2, -0.15) is 0 Å². The van der Waals surface area contributed by atoms with E-state index in [-0.39, 0.29) is 22.3 Å². The number of amides is 1. The van der Waals surface area contributed by atoms with Crippen LogP contribution >= 0.6 is 11.6 Å². The molecule has 0 fully saturated rings. The summed E-state index contributed by atoms with van der Waals surface area (Å²) < 4.78 is 0. The number of aromatic hydroxyl groups is 1. The maximum Gasteiger partial charge on any atom is 0.326 e. The molecule has 0 heterocycles. The van der Waals surface area contributed by atoms with Crippen LogP contribution in [0.2, 0.25) is 5.02 Å². The maximum absolute atomic E-state index is 12.0. The zero-order chi connectivity index (χ0) is 14.6. The predicted molar refractivity (Wildman–Crippen MR) is 71.5 cm³/mol. The molecule has 0 aliphatic heterocycles. The fraction of sp³-hybridized carbons (Fsp3) is 0.385. The standard InChI is InChI=1S/C13H16ClNO4/c1-3-7(2)11(13(18)19)15-12(17)9-6-8(16)4-5-10(9)14/h4-7,11,16H,3H2,1-2H3,(H,15,17)(H,18,19). The van der Waals surface area contributed by atoms with E-state index >= 15 is 0 Å². The zero-order valence-electron chi connectivity index (χ0n) is 10.7. The van der Waals surface area contributed by atoms with Crippen molar-refractivity contribution in [1.29, 1.82) is 0 Å². The minimum absolute atomic E-state index is 0.0521. The molecule has 1 aromatic rings. The van der Waals surface area contributed by atoms with Crippen LogP contribution < -0.4 is 5.32 Å². The molecule has 0 aliphatic rings. The fourth-order valence-electron chi connectivity index (χ4n) is 1.59. The van der Waals surface area contributed by atoms with E-state index < -0.39 is 17.9 Å². The topological polar surface area (TPSA) is 86.6 Å². The Bertz CT molecular complexity index is 490. The molecule has 2 unspecified atom stereocenters. The van der Waals surface area contributed by atoms with Gasteiger partial charge in [0.15, 0.2) is 0 Å². The highest BCUT2D eigenvalue weighted by molar-refractivity contribution is 6.33. The Morgan fingerprint density at radius 3 is 2.58 bits per heavy atom. The maximum atomic E-state index is 12.0. The summed E-state index contributed by atoms with van der Waals surface area (Å²) in [4.78, 5) is 23.1. The number of nitrogens with one attached hydrogen (secondary N) is 1. The minimum Gasteiger partial charge on any atom is -0.508 e. The Labute approximate surface area is 116 Å². The molecule has 0 spiro atoms. The average Bonchev–Trinajstić information content (AvgIpc) is 2.37. The van der Waals surface area contributed by atoms with Crippen LogP contribution in [0.15, 0.2) is 18.2 Å². The second-order valence-electron chi connectivity index (χ2n) is 4.34. The molecule has 6 heteroatoms. The van der Waals surface area contributed by atoms with Crippen molar-refractivity contribution in [1.82, 2.24) is 5.32 Å². The highest BCUT2D eigenvalue weighted by Gasteiger charge is 2.26. The molecule has 0 aliphatic carbocycles. The van der Waals surface area contributed by atoms with Crippen LogP contribution in [0.3, 0.4) is 0 Å². The molecule has 0 bridgehead atoms. The molecule has 0 radical (unpaired) electrons. The van der Waals surface area contributed by atoms with Gasteiger partial charge < -0.3 is 15.5 Å². The van der Waals surface area contributed by atoms with Crippen molar-refractivity contribution in [2.45, 2.75) is 26.3 Å². The van der Waals surface area contributed by atoms with Crippen molar-refractivity contribution < 1.29 is 19.8 Å². The molecule has 1 aromatic carbocycles. The van der Waals surface area contributed by atoms with E-state index in [1.807, 2.05) is 6.92 Å². The van der Waals surface area contributed by atoms with Crippen molar-refractivity contribution in [3.05, 3.63) is 28.8 Å². The van der Waals surface area contributed by atoms with Gasteiger partial charge in [0, 0.05) is 0 Å². The number of carboxylic acids is 1. The van der Waals surface area contributed by atoms with E-state index in [2.05, 4.69) is 5.32 Å². The number of aliphatic carboxylic acids is 1. The largest absolute Gasteiger partial charge is 0.508 e. The first-order chi connectivity index (χ1) is 8.86. The van der Waals surface area contributed by atoms with Crippen molar-refractivity contribution in [2.75, 3.05) is 0 Å². The van der Waals surface area contributed by atoms with Gasteiger partial charge in [0.05, 0.1) is 10.6 Å². The van der Waals surface area contributed by atoms with Crippen molar-refractivity contribution in [3.63, 3.8) is 0 Å². The molecule has 0 aromatic heterocycles. The average molecular weight is 286 g/mol. The summed E-state index contributed by atoms with van der Waals surface area (Å²) in [7, 11) is 0. The molecule has 2 atom stereocenters. The predicted octanol–water partition coefficient (Wildman–Crippen LogP) is 2.27. The van der Waals surface area contributed by atoms with Crippen LogP contribution in [0.5, 0.6) is 5.75 Å². The smallest absolute Gasteiger partial charge is 0.326 e. The van der Waals surface area contributed by atoms with Crippen LogP contribution in [0.1, 0.15) is 30.6 Å². The van der Waals surface area contributed by atoms with Gasteiger partial charge in [-0.15, -0.1) is 0 Å². The lowest BCUT2D eigenvalue weighted by Gasteiger charge is -2.20. The lowest BCUT2D eigenvalue weighted by Crippen LogP contribution is -2.45. The molecular weight excluding hydrogens is 270 g/mol. The molecule has 104 valence electrons. The number of carbonyl (C=O) groups is 2. The Morgan fingerprint density at radius 1 is 1.42 bits per heavy atom. The molecule has 3 N–H and O–H groups in total. The van der Waals surface area contributed by atoms with Crippen LogP contribution in [-0.2, 0) is 4.79 Å². The Hall–Kier alpha value is -1.75. The van der Waals surface area contributed by atoms with Crippen LogP contribution in [0, 0.1) is 5.92 Å². The Morgan fingerprint density at radius 2 is 2.05 bits per heavy atom. The summed E-state index contributed by atoms with van der Waals surface area (Å²) in [5.41, 5.74) is 0.0521. The van der Waals surface area contributed by atoms with Gasteiger partial charge in [0.25, 0.3) is 5.91 Å². The van der Waals surface area contributed by atoms with Gasteiger partial charge in [-0.25, -0.2) is 4.79 Å². The summed E-state index contributed by atoms with van der Waals surface area (Å²) in [6.45, 7) is 3.58. The Balaban J connectivity index is 2.94. The number of halogens is 1. The quantitative estimate of drug-likeness (QED) is 0.774. The van der Waals surface area contributed by atoms with Crippen molar-refractivity contribution >= 4 is 23.5 Å².